The van der Waals surface area contributed by atoms with Crippen molar-refractivity contribution in [2.24, 2.45) is 11.7 Å². The summed E-state index contributed by atoms with van der Waals surface area (Å²) in [4.78, 5) is 4.13. The highest BCUT2D eigenvalue weighted by Crippen LogP contribution is 2.36. The third-order valence-corrected chi connectivity index (χ3v) is 4.13. The minimum Gasteiger partial charge on any atom is -0.440 e. The van der Waals surface area contributed by atoms with Crippen LogP contribution in [0.4, 0.5) is 0 Å². The van der Waals surface area contributed by atoms with Crippen molar-refractivity contribution in [2.75, 3.05) is 6.54 Å². The Labute approximate surface area is 88.5 Å². The smallest absolute Gasteiger partial charge is 0.255 e. The van der Waals surface area contributed by atoms with Crippen molar-refractivity contribution in [2.45, 2.75) is 36.2 Å². The Morgan fingerprint density at radius 3 is 3.07 bits per heavy atom. The van der Waals surface area contributed by atoms with Gasteiger partial charge in [-0.05, 0) is 25.3 Å². The van der Waals surface area contributed by atoms with E-state index in [4.69, 9.17) is 10.2 Å². The molecule has 14 heavy (non-hydrogen) atoms. The number of hydrogen-bond donors (Lipinski definition) is 1. The van der Waals surface area contributed by atoms with Gasteiger partial charge in [0.2, 0.25) is 0 Å². The van der Waals surface area contributed by atoms with Gasteiger partial charge in [-0.25, -0.2) is 4.98 Å². The molecule has 1 saturated carbocycles. The molecular weight excluding hydrogens is 196 g/mol. The second kappa shape index (κ2) is 4.84. The van der Waals surface area contributed by atoms with Crippen LogP contribution in [0.3, 0.4) is 0 Å². The van der Waals surface area contributed by atoms with Crippen LogP contribution in [-0.2, 0) is 0 Å². The van der Waals surface area contributed by atoms with Crippen LogP contribution >= 0.6 is 11.8 Å². The molecule has 1 aromatic rings. The maximum atomic E-state index is 5.76. The lowest BCUT2D eigenvalue weighted by atomic mass is 9.89. The summed E-state index contributed by atoms with van der Waals surface area (Å²) >= 11 is 1.75. The van der Waals surface area contributed by atoms with E-state index in [2.05, 4.69) is 4.98 Å². The molecular formula is C10H16N2OS. The first kappa shape index (κ1) is 10.1. The first-order valence-corrected chi connectivity index (χ1v) is 6.04. The van der Waals surface area contributed by atoms with Crippen molar-refractivity contribution in [3.05, 3.63) is 12.5 Å². The van der Waals surface area contributed by atoms with Gasteiger partial charge in [-0.2, -0.15) is 0 Å². The van der Waals surface area contributed by atoms with Gasteiger partial charge >= 0.3 is 0 Å². The normalized spacial score (nSPS) is 27.8. The van der Waals surface area contributed by atoms with Gasteiger partial charge in [0.15, 0.2) is 0 Å². The summed E-state index contributed by atoms with van der Waals surface area (Å²) in [6, 6.07) is 0. The van der Waals surface area contributed by atoms with Crippen molar-refractivity contribution < 1.29 is 4.42 Å². The molecule has 2 rings (SSSR count). The van der Waals surface area contributed by atoms with Crippen molar-refractivity contribution in [3.63, 3.8) is 0 Å². The number of rotatable bonds is 3. The topological polar surface area (TPSA) is 52.0 Å². The van der Waals surface area contributed by atoms with Gasteiger partial charge in [-0.3, -0.25) is 0 Å². The minimum absolute atomic E-state index is 0.604. The standard InChI is InChI=1S/C10H16N2OS/c11-7-8-3-1-2-4-9(8)14-10-12-5-6-13-10/h5-6,8-9H,1-4,7,11H2. The van der Waals surface area contributed by atoms with E-state index in [1.807, 2.05) is 0 Å². The van der Waals surface area contributed by atoms with Crippen LogP contribution in [0.1, 0.15) is 25.7 Å². The Bertz CT molecular complexity index is 263. The van der Waals surface area contributed by atoms with E-state index < -0.39 is 0 Å². The van der Waals surface area contributed by atoms with Crippen LogP contribution in [0.2, 0.25) is 0 Å². The molecule has 4 heteroatoms. The van der Waals surface area contributed by atoms with Gasteiger partial charge in [-0.15, -0.1) is 0 Å². The summed E-state index contributed by atoms with van der Waals surface area (Å²) in [5.74, 6) is 0.639. The highest BCUT2D eigenvalue weighted by molar-refractivity contribution is 7.99. The van der Waals surface area contributed by atoms with Gasteiger partial charge < -0.3 is 10.2 Å². The minimum atomic E-state index is 0.604. The summed E-state index contributed by atoms with van der Waals surface area (Å²) in [5, 5.41) is 1.39. The number of aromatic nitrogens is 1. The van der Waals surface area contributed by atoms with E-state index in [0.717, 1.165) is 11.8 Å². The largest absolute Gasteiger partial charge is 0.440 e. The fourth-order valence-electron chi connectivity index (χ4n) is 2.00. The first-order chi connectivity index (χ1) is 6.90. The number of hydrogen-bond acceptors (Lipinski definition) is 4. The molecule has 0 saturated heterocycles. The molecule has 2 N–H and O–H groups in total. The molecule has 1 aromatic heterocycles. The molecule has 78 valence electrons. The Morgan fingerprint density at radius 2 is 2.36 bits per heavy atom. The summed E-state index contributed by atoms with van der Waals surface area (Å²) in [6.45, 7) is 0.790. The lowest BCUT2D eigenvalue weighted by Crippen LogP contribution is -2.28. The molecule has 1 heterocycles. The monoisotopic (exact) mass is 212 g/mol. The zero-order valence-electron chi connectivity index (χ0n) is 8.19. The van der Waals surface area contributed by atoms with Gasteiger partial charge in [0.25, 0.3) is 5.22 Å². The van der Waals surface area contributed by atoms with Gasteiger partial charge in [-0.1, -0.05) is 24.6 Å². The van der Waals surface area contributed by atoms with Gasteiger partial charge in [0.05, 0.1) is 6.20 Å². The highest BCUT2D eigenvalue weighted by Gasteiger charge is 2.25. The third-order valence-electron chi connectivity index (χ3n) is 2.80. The van der Waals surface area contributed by atoms with E-state index in [1.165, 1.54) is 25.7 Å². The summed E-state index contributed by atoms with van der Waals surface area (Å²) in [7, 11) is 0. The first-order valence-electron chi connectivity index (χ1n) is 5.16. The van der Waals surface area contributed by atoms with Crippen molar-refractivity contribution in [3.8, 4) is 0 Å². The summed E-state index contributed by atoms with van der Waals surface area (Å²) in [6.07, 6.45) is 8.47. The summed E-state index contributed by atoms with van der Waals surface area (Å²) < 4.78 is 5.24. The average molecular weight is 212 g/mol. The Kier molecular flexibility index (Phi) is 3.48. The van der Waals surface area contributed by atoms with Crippen molar-refractivity contribution in [1.82, 2.24) is 4.98 Å². The zero-order chi connectivity index (χ0) is 9.80. The molecule has 2 unspecified atom stereocenters. The molecule has 1 aliphatic carbocycles. The van der Waals surface area contributed by atoms with Crippen LogP contribution in [0.5, 0.6) is 0 Å². The molecule has 0 aliphatic heterocycles. The zero-order valence-corrected chi connectivity index (χ0v) is 9.00. The Morgan fingerprint density at radius 1 is 1.50 bits per heavy atom. The second-order valence-corrected chi connectivity index (χ2v) is 4.92. The number of nitrogens with zero attached hydrogens (tertiary/aromatic N) is 1. The molecule has 1 fully saturated rings. The van der Waals surface area contributed by atoms with Crippen LogP contribution < -0.4 is 5.73 Å². The number of oxazole rings is 1. The quantitative estimate of drug-likeness (QED) is 0.835. The molecule has 3 nitrogen and oxygen atoms in total. The van der Waals surface area contributed by atoms with E-state index >= 15 is 0 Å². The maximum absolute atomic E-state index is 5.76. The van der Waals surface area contributed by atoms with Crippen molar-refractivity contribution >= 4 is 11.8 Å². The Hall–Kier alpha value is -0.480. The molecule has 2 atom stereocenters. The van der Waals surface area contributed by atoms with Crippen LogP contribution in [0.25, 0.3) is 0 Å². The van der Waals surface area contributed by atoms with Crippen LogP contribution in [0.15, 0.2) is 22.1 Å². The van der Waals surface area contributed by atoms with Crippen LogP contribution in [-0.4, -0.2) is 16.8 Å². The average Bonchev–Trinajstić information content (AvgIpc) is 2.71. The molecule has 0 spiro atoms. The van der Waals surface area contributed by atoms with Gasteiger partial charge in [0.1, 0.15) is 6.26 Å². The van der Waals surface area contributed by atoms with E-state index in [1.54, 1.807) is 24.2 Å². The SMILES string of the molecule is NCC1CCCCC1Sc1ncco1. The van der Waals surface area contributed by atoms with E-state index in [0.29, 0.717) is 11.2 Å². The third kappa shape index (κ3) is 2.30. The fourth-order valence-corrected chi connectivity index (χ4v) is 3.21. The Balaban J connectivity index is 1.94. The van der Waals surface area contributed by atoms with Gasteiger partial charge in [0, 0.05) is 5.25 Å². The lowest BCUT2D eigenvalue weighted by molar-refractivity contribution is 0.373. The van der Waals surface area contributed by atoms with E-state index in [-0.39, 0.29) is 0 Å². The highest BCUT2D eigenvalue weighted by atomic mass is 32.2. The number of nitrogens with two attached hydrogens (primary N) is 1. The van der Waals surface area contributed by atoms with E-state index in [9.17, 15) is 0 Å². The predicted molar refractivity (Wildman–Crippen MR) is 57.2 cm³/mol. The fraction of sp³-hybridized carbons (Fsp3) is 0.700. The molecule has 0 radical (unpaired) electrons. The molecule has 0 amide bonds. The molecule has 0 bridgehead atoms. The predicted octanol–water partition coefficient (Wildman–Crippen LogP) is 2.28. The lowest BCUT2D eigenvalue weighted by Gasteiger charge is -2.28. The second-order valence-electron chi connectivity index (χ2n) is 3.73. The summed E-state index contributed by atoms with van der Waals surface area (Å²) in [5.41, 5.74) is 5.76. The maximum Gasteiger partial charge on any atom is 0.255 e. The van der Waals surface area contributed by atoms with Crippen LogP contribution in [0, 0.1) is 5.92 Å². The van der Waals surface area contributed by atoms with Crippen molar-refractivity contribution in [1.29, 1.82) is 0 Å². The molecule has 0 aromatic carbocycles. The number of thioether (sulfide) groups is 1. The molecule has 1 aliphatic rings.